The third-order valence-electron chi connectivity index (χ3n) is 10.5. The van der Waals surface area contributed by atoms with Crippen molar-refractivity contribution in [3.05, 3.63) is 0 Å². The Morgan fingerprint density at radius 3 is 2.00 bits per heavy atom. The normalized spacial score (nSPS) is 34.9. The van der Waals surface area contributed by atoms with E-state index in [4.69, 9.17) is 33.2 Å². The van der Waals surface area contributed by atoms with Gasteiger partial charge in [-0.1, -0.05) is 13.8 Å². The van der Waals surface area contributed by atoms with E-state index in [9.17, 15) is 28.8 Å². The Kier molecular flexibility index (Phi) is 9.23. The van der Waals surface area contributed by atoms with Crippen molar-refractivity contribution in [3.63, 3.8) is 0 Å². The molecule has 0 amide bonds. The molecule has 6 rings (SSSR count). The Morgan fingerprint density at radius 1 is 0.733 bits per heavy atom. The second-order valence-corrected chi connectivity index (χ2v) is 14.1. The predicted molar refractivity (Wildman–Crippen MR) is 151 cm³/mol. The molecular formula is C32H44O13. The lowest BCUT2D eigenvalue weighted by Crippen LogP contribution is -2.41. The van der Waals surface area contributed by atoms with Crippen LogP contribution in [0.3, 0.4) is 0 Å². The molecule has 13 nitrogen and oxygen atoms in total. The molecule has 10 unspecified atom stereocenters. The summed E-state index contributed by atoms with van der Waals surface area (Å²) >= 11 is 0. The summed E-state index contributed by atoms with van der Waals surface area (Å²) in [5.74, 6) is -2.00. The SMILES string of the molecule is CCC(C)(C)C(=O)OCC(=O)OC1C2CC3C(=O)OC1C3O2.CCC(C)(C)C(=O)OCCC(=O)OC1C2CC3C(=O)OC1C3C2. The molecule has 4 aliphatic heterocycles. The summed E-state index contributed by atoms with van der Waals surface area (Å²) in [4.78, 5) is 70.7. The van der Waals surface area contributed by atoms with Gasteiger partial charge in [0.15, 0.2) is 18.8 Å². The lowest BCUT2D eigenvalue weighted by atomic mass is 9.88. The van der Waals surface area contributed by atoms with Gasteiger partial charge in [-0.05, 0) is 59.8 Å². The average Bonchev–Trinajstić information content (AvgIpc) is 3.81. The number of ether oxygens (including phenoxy) is 7. The topological polar surface area (TPSA) is 167 Å². The molecule has 45 heavy (non-hydrogen) atoms. The van der Waals surface area contributed by atoms with Gasteiger partial charge in [0.1, 0.15) is 24.9 Å². The predicted octanol–water partition coefficient (Wildman–Crippen LogP) is 2.44. The van der Waals surface area contributed by atoms with Crippen molar-refractivity contribution in [2.75, 3.05) is 13.2 Å². The van der Waals surface area contributed by atoms with E-state index in [1.54, 1.807) is 13.8 Å². The van der Waals surface area contributed by atoms with E-state index in [-0.39, 0.29) is 79.0 Å². The molecule has 10 atom stereocenters. The number of fused-ring (bicyclic) bond motifs is 2. The number of hydrogen-bond donors (Lipinski definition) is 0. The Labute approximate surface area is 262 Å². The fourth-order valence-electron chi connectivity index (χ4n) is 6.87. The molecule has 0 aromatic carbocycles. The van der Waals surface area contributed by atoms with Crippen LogP contribution < -0.4 is 0 Å². The molecule has 0 spiro atoms. The minimum atomic E-state index is -0.652. The number of carbonyl (C=O) groups excluding carboxylic acids is 6. The Balaban J connectivity index is 0.000000178. The van der Waals surface area contributed by atoms with Crippen LogP contribution in [-0.4, -0.2) is 85.7 Å². The van der Waals surface area contributed by atoms with Gasteiger partial charge < -0.3 is 33.2 Å². The van der Waals surface area contributed by atoms with Crippen molar-refractivity contribution < 1.29 is 61.9 Å². The highest BCUT2D eigenvalue weighted by Gasteiger charge is 2.65. The molecule has 0 aromatic heterocycles. The molecule has 6 aliphatic rings. The number of esters is 6. The Morgan fingerprint density at radius 2 is 1.33 bits per heavy atom. The number of carbonyl (C=O) groups is 6. The van der Waals surface area contributed by atoms with Crippen LogP contribution in [0.1, 0.15) is 80.1 Å². The van der Waals surface area contributed by atoms with Gasteiger partial charge in [0.05, 0.1) is 35.2 Å². The van der Waals surface area contributed by atoms with Gasteiger partial charge in [0.2, 0.25) is 0 Å². The summed E-state index contributed by atoms with van der Waals surface area (Å²) in [7, 11) is 0. The third kappa shape index (κ3) is 6.41. The second kappa shape index (κ2) is 12.5. The second-order valence-electron chi connectivity index (χ2n) is 14.1. The molecule has 6 fully saturated rings. The molecular weight excluding hydrogens is 592 g/mol. The van der Waals surface area contributed by atoms with Gasteiger partial charge in [-0.3, -0.25) is 24.0 Å². The van der Waals surface area contributed by atoms with Crippen LogP contribution >= 0.6 is 0 Å². The summed E-state index contributed by atoms with van der Waals surface area (Å²) in [5.41, 5.74) is -1.18. The molecule has 2 saturated carbocycles. The van der Waals surface area contributed by atoms with Crippen LogP contribution in [-0.2, 0) is 61.9 Å². The fourth-order valence-corrected chi connectivity index (χ4v) is 6.87. The van der Waals surface area contributed by atoms with Crippen molar-refractivity contribution in [2.45, 2.75) is 117 Å². The summed E-state index contributed by atoms with van der Waals surface area (Å²) < 4.78 is 37.1. The number of rotatable bonds is 11. The zero-order chi connectivity index (χ0) is 32.8. The van der Waals surface area contributed by atoms with E-state index < -0.39 is 47.6 Å². The van der Waals surface area contributed by atoms with Crippen LogP contribution in [0.4, 0.5) is 0 Å². The molecule has 0 radical (unpaired) electrons. The maximum atomic E-state index is 12.0. The summed E-state index contributed by atoms with van der Waals surface area (Å²) in [6.45, 7) is 10.5. The van der Waals surface area contributed by atoms with Gasteiger partial charge in [0, 0.05) is 11.8 Å². The molecule has 0 N–H and O–H groups in total. The van der Waals surface area contributed by atoms with Gasteiger partial charge in [0.25, 0.3) is 0 Å². The van der Waals surface area contributed by atoms with E-state index in [2.05, 4.69) is 0 Å². The average molecular weight is 637 g/mol. The van der Waals surface area contributed by atoms with Gasteiger partial charge in [-0.2, -0.15) is 0 Å². The van der Waals surface area contributed by atoms with Crippen LogP contribution in [0.5, 0.6) is 0 Å². The highest BCUT2D eigenvalue weighted by atomic mass is 16.7. The minimum Gasteiger partial charge on any atom is -0.465 e. The largest absolute Gasteiger partial charge is 0.465 e. The third-order valence-corrected chi connectivity index (χ3v) is 10.5. The van der Waals surface area contributed by atoms with Crippen LogP contribution in [0.25, 0.3) is 0 Å². The first-order valence-electron chi connectivity index (χ1n) is 16.0. The zero-order valence-corrected chi connectivity index (χ0v) is 26.7. The van der Waals surface area contributed by atoms with Crippen molar-refractivity contribution in [3.8, 4) is 0 Å². The van der Waals surface area contributed by atoms with Crippen LogP contribution in [0.2, 0.25) is 0 Å². The maximum absolute atomic E-state index is 12.0. The van der Waals surface area contributed by atoms with Crippen molar-refractivity contribution in [1.29, 1.82) is 0 Å². The highest BCUT2D eigenvalue weighted by molar-refractivity contribution is 5.81. The lowest BCUT2D eigenvalue weighted by Gasteiger charge is -2.25. The van der Waals surface area contributed by atoms with Crippen LogP contribution in [0.15, 0.2) is 0 Å². The molecule has 4 saturated heterocycles. The standard InChI is InChI=1S/C17H24O6.C15H20O7/c1-4-17(2,3)16(20)21-6-5-12(18)22-13-9-7-10-11(8-9)15(19)23-14(10)13;1-4-15(2,3)14(18)19-6-9(16)21-11-8-5-7-10(20-8)12(11)22-13(7)17/h9-11,13-14H,4-8H2,1-3H3;7-8,10-12H,4-6H2,1-3H3. The molecule has 250 valence electrons. The first kappa shape index (κ1) is 33.2. The molecule has 4 bridgehead atoms. The molecule has 0 aromatic rings. The highest BCUT2D eigenvalue weighted by Crippen LogP contribution is 2.55. The van der Waals surface area contributed by atoms with E-state index in [1.165, 1.54) is 0 Å². The van der Waals surface area contributed by atoms with Gasteiger partial charge in [-0.15, -0.1) is 0 Å². The fraction of sp³-hybridized carbons (Fsp3) is 0.812. The van der Waals surface area contributed by atoms with Gasteiger partial charge >= 0.3 is 35.8 Å². The van der Waals surface area contributed by atoms with Crippen molar-refractivity contribution in [2.24, 2.45) is 34.5 Å². The molecule has 4 heterocycles. The molecule has 2 aliphatic carbocycles. The minimum absolute atomic E-state index is 0.0113. The summed E-state index contributed by atoms with van der Waals surface area (Å²) in [6.07, 6.45) is 1.17. The lowest BCUT2D eigenvalue weighted by molar-refractivity contribution is -0.172. The van der Waals surface area contributed by atoms with E-state index in [1.807, 2.05) is 27.7 Å². The monoisotopic (exact) mass is 636 g/mol. The first-order valence-corrected chi connectivity index (χ1v) is 16.0. The van der Waals surface area contributed by atoms with E-state index in [0.717, 1.165) is 12.8 Å². The van der Waals surface area contributed by atoms with Gasteiger partial charge in [-0.25, -0.2) is 4.79 Å². The van der Waals surface area contributed by atoms with E-state index >= 15 is 0 Å². The maximum Gasteiger partial charge on any atom is 0.344 e. The van der Waals surface area contributed by atoms with E-state index in [0.29, 0.717) is 19.3 Å². The first-order chi connectivity index (χ1) is 21.2. The zero-order valence-electron chi connectivity index (χ0n) is 26.7. The molecule has 13 heteroatoms. The smallest absolute Gasteiger partial charge is 0.344 e. The van der Waals surface area contributed by atoms with Crippen LogP contribution in [0, 0.1) is 34.5 Å². The quantitative estimate of drug-likeness (QED) is 0.240. The Bertz CT molecular complexity index is 1220. The number of hydrogen-bond acceptors (Lipinski definition) is 13. The van der Waals surface area contributed by atoms with Crippen molar-refractivity contribution in [1.82, 2.24) is 0 Å². The summed E-state index contributed by atoms with van der Waals surface area (Å²) in [6, 6.07) is 0. The summed E-state index contributed by atoms with van der Waals surface area (Å²) in [5, 5.41) is 0. The Hall–Kier alpha value is -3.22. The van der Waals surface area contributed by atoms with Crippen molar-refractivity contribution >= 4 is 35.8 Å².